The number of hydrogen-bond donors (Lipinski definition) is 2. The van der Waals surface area contributed by atoms with E-state index >= 15 is 0 Å². The van der Waals surface area contributed by atoms with E-state index in [1.807, 2.05) is 44.3 Å². The normalized spacial score (nSPS) is 19.2. The number of benzene rings is 1. The average Bonchev–Trinajstić information content (AvgIpc) is 3.18. The second-order valence-electron chi connectivity index (χ2n) is 9.33. The Labute approximate surface area is 208 Å². The van der Waals surface area contributed by atoms with Crippen LogP contribution in [0.25, 0.3) is 0 Å². The van der Waals surface area contributed by atoms with Crippen molar-refractivity contribution in [3.05, 3.63) is 70.2 Å². The first-order chi connectivity index (χ1) is 16.7. The minimum absolute atomic E-state index is 0.000936. The van der Waals surface area contributed by atoms with Crippen LogP contribution in [0.15, 0.2) is 42.5 Å². The first kappa shape index (κ1) is 24.9. The smallest absolute Gasteiger partial charge is 0.271 e. The fraction of sp³-hybridized carbons (Fsp3) is 0.385. The molecule has 2 atom stereocenters. The van der Waals surface area contributed by atoms with Gasteiger partial charge in [0.15, 0.2) is 5.13 Å². The minimum Gasteiger partial charge on any atom is -0.347 e. The molecule has 1 aliphatic carbocycles. The quantitative estimate of drug-likeness (QED) is 0.455. The summed E-state index contributed by atoms with van der Waals surface area (Å²) in [6, 6.07) is 12.2. The number of thiazole rings is 1. The Hall–Kier alpha value is -3.17. The second kappa shape index (κ2) is 10.2. The summed E-state index contributed by atoms with van der Waals surface area (Å²) < 4.78 is 14.2. The van der Waals surface area contributed by atoms with Crippen molar-refractivity contribution in [2.45, 2.75) is 46.1 Å². The van der Waals surface area contributed by atoms with Crippen LogP contribution in [-0.2, 0) is 11.2 Å². The molecule has 0 saturated heterocycles. The summed E-state index contributed by atoms with van der Waals surface area (Å²) in [5.41, 5.74) is 1.89. The van der Waals surface area contributed by atoms with Gasteiger partial charge in [-0.2, -0.15) is 4.39 Å². The van der Waals surface area contributed by atoms with Crippen LogP contribution >= 0.6 is 11.3 Å². The van der Waals surface area contributed by atoms with E-state index in [1.165, 1.54) is 22.3 Å². The van der Waals surface area contributed by atoms with Gasteiger partial charge in [0.25, 0.3) is 5.91 Å². The molecule has 0 radical (unpaired) electrons. The molecule has 1 aliphatic rings. The van der Waals surface area contributed by atoms with Crippen LogP contribution in [0, 0.1) is 25.2 Å². The molecule has 4 rings (SSSR count). The van der Waals surface area contributed by atoms with Crippen molar-refractivity contribution in [1.29, 1.82) is 0 Å². The highest BCUT2D eigenvalue weighted by molar-refractivity contribution is 7.16. The topological polar surface area (TPSA) is 87.2 Å². The van der Waals surface area contributed by atoms with Gasteiger partial charge in [-0.05, 0) is 45.4 Å². The van der Waals surface area contributed by atoms with Gasteiger partial charge in [-0.15, -0.1) is 11.3 Å². The average molecular weight is 496 g/mol. The first-order valence-corrected chi connectivity index (χ1v) is 12.5. The summed E-state index contributed by atoms with van der Waals surface area (Å²) >= 11 is 1.24. The van der Waals surface area contributed by atoms with Gasteiger partial charge in [-0.1, -0.05) is 37.3 Å². The lowest BCUT2D eigenvalue weighted by atomic mass is 9.65. The Balaban J connectivity index is 1.64. The summed E-state index contributed by atoms with van der Waals surface area (Å²) in [6.07, 6.45) is 2.06. The molecular weight excluding hydrogens is 465 g/mol. The largest absolute Gasteiger partial charge is 0.347 e. The van der Waals surface area contributed by atoms with Crippen LogP contribution in [0.5, 0.6) is 0 Å². The molecular formula is C26H30FN5O2S. The summed E-state index contributed by atoms with van der Waals surface area (Å²) in [7, 11) is 1.91. The molecule has 35 heavy (non-hydrogen) atoms. The van der Waals surface area contributed by atoms with E-state index in [9.17, 15) is 14.0 Å². The standard InChI is InChI=1S/C26H30FN5O2S/c1-16-12-19(14-21(27)29-16)32(22(33)13-18-8-6-5-7-9-18)25-31-23(17(2)35-25)24(34)30-20-10-11-26(20,3)15-28-4/h5-9,12,14,20,28H,10-11,13,15H2,1-4H3,(H,30,34). The lowest BCUT2D eigenvalue weighted by Crippen LogP contribution is -2.57. The molecule has 2 aromatic heterocycles. The number of amides is 2. The van der Waals surface area contributed by atoms with Crippen LogP contribution < -0.4 is 15.5 Å². The monoisotopic (exact) mass is 495 g/mol. The molecule has 1 fully saturated rings. The molecule has 2 amide bonds. The number of pyridine rings is 1. The van der Waals surface area contributed by atoms with Gasteiger partial charge in [0.05, 0.1) is 12.1 Å². The van der Waals surface area contributed by atoms with E-state index in [4.69, 9.17) is 0 Å². The summed E-state index contributed by atoms with van der Waals surface area (Å²) in [6.45, 7) is 6.44. The Morgan fingerprint density at radius 3 is 2.57 bits per heavy atom. The SMILES string of the molecule is CNCC1(C)CCC1NC(=O)c1nc(N(C(=O)Cc2ccccc2)c2cc(C)nc(F)c2)sc1C. The van der Waals surface area contributed by atoms with Gasteiger partial charge in [0.2, 0.25) is 11.9 Å². The van der Waals surface area contributed by atoms with Gasteiger partial charge in [0.1, 0.15) is 5.69 Å². The highest BCUT2D eigenvalue weighted by Gasteiger charge is 2.43. The van der Waals surface area contributed by atoms with Crippen LogP contribution in [0.3, 0.4) is 0 Å². The van der Waals surface area contributed by atoms with Crippen molar-refractivity contribution in [3.8, 4) is 0 Å². The van der Waals surface area contributed by atoms with Crippen LogP contribution in [0.4, 0.5) is 15.2 Å². The predicted octanol–water partition coefficient (Wildman–Crippen LogP) is 4.32. The third-order valence-corrected chi connectivity index (χ3v) is 7.49. The molecule has 2 unspecified atom stereocenters. The Morgan fingerprint density at radius 1 is 1.20 bits per heavy atom. The van der Waals surface area contributed by atoms with Crippen molar-refractivity contribution < 1.29 is 14.0 Å². The number of carbonyl (C=O) groups excluding carboxylic acids is 2. The molecule has 1 aromatic carbocycles. The fourth-order valence-electron chi connectivity index (χ4n) is 4.51. The van der Waals surface area contributed by atoms with E-state index in [-0.39, 0.29) is 35.4 Å². The summed E-state index contributed by atoms with van der Waals surface area (Å²) in [5.74, 6) is -1.22. The number of nitrogens with zero attached hydrogens (tertiary/aromatic N) is 3. The number of aromatic nitrogens is 2. The van der Waals surface area contributed by atoms with Gasteiger partial charge in [-0.25, -0.2) is 9.97 Å². The molecule has 3 aromatic rings. The predicted molar refractivity (Wildman–Crippen MR) is 136 cm³/mol. The number of halogens is 1. The summed E-state index contributed by atoms with van der Waals surface area (Å²) in [4.78, 5) is 37.0. The molecule has 0 aliphatic heterocycles. The number of anilines is 2. The highest BCUT2D eigenvalue weighted by Crippen LogP contribution is 2.40. The summed E-state index contributed by atoms with van der Waals surface area (Å²) in [5, 5.41) is 6.64. The molecule has 0 spiro atoms. The zero-order valence-corrected chi connectivity index (χ0v) is 21.2. The maximum absolute atomic E-state index is 14.2. The molecule has 2 N–H and O–H groups in total. The zero-order valence-electron chi connectivity index (χ0n) is 20.4. The van der Waals surface area contributed by atoms with E-state index in [1.54, 1.807) is 13.0 Å². The molecule has 2 heterocycles. The zero-order chi connectivity index (χ0) is 25.2. The van der Waals surface area contributed by atoms with Gasteiger partial charge < -0.3 is 10.6 Å². The highest BCUT2D eigenvalue weighted by atomic mass is 32.1. The van der Waals surface area contributed by atoms with E-state index in [0.29, 0.717) is 21.4 Å². The Bertz CT molecular complexity index is 1210. The van der Waals surface area contributed by atoms with E-state index in [2.05, 4.69) is 27.5 Å². The number of carbonyl (C=O) groups is 2. The van der Waals surface area contributed by atoms with Gasteiger partial charge in [-0.3, -0.25) is 14.5 Å². The lowest BCUT2D eigenvalue weighted by molar-refractivity contribution is -0.117. The van der Waals surface area contributed by atoms with Crippen molar-refractivity contribution in [1.82, 2.24) is 20.6 Å². The minimum atomic E-state index is -0.683. The maximum Gasteiger partial charge on any atom is 0.271 e. The second-order valence-corrected chi connectivity index (χ2v) is 10.5. The Kier molecular flexibility index (Phi) is 7.28. The molecule has 184 valence electrons. The van der Waals surface area contributed by atoms with Crippen molar-refractivity contribution in [2.24, 2.45) is 5.41 Å². The van der Waals surface area contributed by atoms with Crippen LogP contribution in [0.2, 0.25) is 0 Å². The Morgan fingerprint density at radius 2 is 1.94 bits per heavy atom. The van der Waals surface area contributed by atoms with Crippen molar-refractivity contribution >= 4 is 34.0 Å². The fourth-order valence-corrected chi connectivity index (χ4v) is 5.45. The van der Waals surface area contributed by atoms with E-state index < -0.39 is 5.95 Å². The maximum atomic E-state index is 14.2. The molecule has 7 nitrogen and oxygen atoms in total. The lowest BCUT2D eigenvalue weighted by Gasteiger charge is -2.47. The van der Waals surface area contributed by atoms with Gasteiger partial charge >= 0.3 is 0 Å². The third kappa shape index (κ3) is 5.41. The first-order valence-electron chi connectivity index (χ1n) is 11.6. The van der Waals surface area contributed by atoms with E-state index in [0.717, 1.165) is 24.9 Å². The number of rotatable bonds is 8. The van der Waals surface area contributed by atoms with Crippen molar-refractivity contribution in [2.75, 3.05) is 18.5 Å². The number of nitrogens with one attached hydrogen (secondary N) is 2. The molecule has 1 saturated carbocycles. The molecule has 9 heteroatoms. The van der Waals surface area contributed by atoms with Crippen molar-refractivity contribution in [3.63, 3.8) is 0 Å². The van der Waals surface area contributed by atoms with Gasteiger partial charge in [0, 0.05) is 34.6 Å². The number of hydrogen-bond acceptors (Lipinski definition) is 6. The molecule has 0 bridgehead atoms. The van der Waals surface area contributed by atoms with Crippen LogP contribution in [0.1, 0.15) is 46.4 Å². The number of aryl methyl sites for hydroxylation is 2. The third-order valence-electron chi connectivity index (χ3n) is 6.54. The van der Waals surface area contributed by atoms with Crippen LogP contribution in [-0.4, -0.2) is 41.4 Å².